The summed E-state index contributed by atoms with van der Waals surface area (Å²) in [5.41, 5.74) is 0.609. The molecule has 0 spiro atoms. The number of rotatable bonds is 8. The molecule has 4 rings (SSSR count). The molecule has 0 unspecified atom stereocenters. The van der Waals surface area contributed by atoms with Gasteiger partial charge in [-0.15, -0.1) is 10.2 Å². The van der Waals surface area contributed by atoms with Crippen LogP contribution in [-0.4, -0.2) is 65.3 Å². The molecule has 0 aliphatic rings. The Labute approximate surface area is 195 Å². The number of tetrazole rings is 1. The summed E-state index contributed by atoms with van der Waals surface area (Å²) in [7, 11) is 3.95. The zero-order valence-corrected chi connectivity index (χ0v) is 19.6. The maximum absolute atomic E-state index is 13.0. The number of likely N-dealkylation sites (N-methyl/N-ethyl adjacent to an activating group) is 1. The molecule has 0 amide bonds. The van der Waals surface area contributed by atoms with Gasteiger partial charge in [0.2, 0.25) is 10.3 Å². The van der Waals surface area contributed by atoms with Crippen molar-refractivity contribution in [2.24, 2.45) is 0 Å². The van der Waals surface area contributed by atoms with Crippen molar-refractivity contribution in [1.82, 2.24) is 44.7 Å². The second kappa shape index (κ2) is 9.65. The van der Waals surface area contributed by atoms with Crippen molar-refractivity contribution in [3.63, 3.8) is 0 Å². The van der Waals surface area contributed by atoms with Crippen molar-refractivity contribution in [3.05, 3.63) is 47.2 Å². The van der Waals surface area contributed by atoms with E-state index in [4.69, 9.17) is 0 Å². The van der Waals surface area contributed by atoms with Gasteiger partial charge < -0.3 is 4.90 Å². The van der Waals surface area contributed by atoms with Crippen LogP contribution in [0.25, 0.3) is 5.78 Å². The minimum atomic E-state index is -4.38. The number of nitrogens with zero attached hydrogens (tertiary/aromatic N) is 9. The van der Waals surface area contributed by atoms with Crippen LogP contribution in [0, 0.1) is 6.92 Å². The second-order valence-corrected chi connectivity index (χ2v) is 9.35. The zero-order chi connectivity index (χ0) is 23.6. The third kappa shape index (κ3) is 5.81. The SMILES string of the molecule is Cc1cc(Sc2nnnn2CCN(C)C)n2nc(SCc3cccc(C(F)(F)F)c3)nc2n1. The van der Waals surface area contributed by atoms with Gasteiger partial charge in [-0.25, -0.2) is 9.67 Å². The van der Waals surface area contributed by atoms with Gasteiger partial charge in [0.15, 0.2) is 0 Å². The summed E-state index contributed by atoms with van der Waals surface area (Å²) >= 11 is 2.59. The molecule has 33 heavy (non-hydrogen) atoms. The van der Waals surface area contributed by atoms with Crippen molar-refractivity contribution >= 4 is 29.3 Å². The Kier molecular flexibility index (Phi) is 6.86. The number of hydrogen-bond acceptors (Lipinski definition) is 9. The summed E-state index contributed by atoms with van der Waals surface area (Å²) in [6.07, 6.45) is -4.38. The Morgan fingerprint density at radius 1 is 1.12 bits per heavy atom. The van der Waals surface area contributed by atoms with E-state index in [-0.39, 0.29) is 0 Å². The minimum absolute atomic E-state index is 0.297. The number of aryl methyl sites for hydroxylation is 1. The van der Waals surface area contributed by atoms with Crippen LogP contribution in [0.3, 0.4) is 0 Å². The second-order valence-electron chi connectivity index (χ2n) is 7.42. The van der Waals surface area contributed by atoms with Gasteiger partial charge in [0, 0.05) is 18.0 Å². The number of hydrogen-bond donors (Lipinski definition) is 0. The van der Waals surface area contributed by atoms with E-state index in [1.165, 1.54) is 29.6 Å². The summed E-state index contributed by atoms with van der Waals surface area (Å²) in [5, 5.41) is 18.2. The van der Waals surface area contributed by atoms with Gasteiger partial charge in [0.05, 0.1) is 12.1 Å². The lowest BCUT2D eigenvalue weighted by molar-refractivity contribution is -0.137. The first kappa shape index (κ1) is 23.4. The number of benzene rings is 1. The molecule has 174 valence electrons. The highest BCUT2D eigenvalue weighted by atomic mass is 32.2. The average Bonchev–Trinajstić information content (AvgIpc) is 3.36. The van der Waals surface area contributed by atoms with Crippen LogP contribution in [0.15, 0.2) is 45.7 Å². The number of aromatic nitrogens is 8. The number of halogens is 3. The summed E-state index contributed by atoms with van der Waals surface area (Å²) in [5.74, 6) is 0.696. The highest BCUT2D eigenvalue weighted by molar-refractivity contribution is 7.99. The van der Waals surface area contributed by atoms with E-state index < -0.39 is 11.7 Å². The van der Waals surface area contributed by atoms with Crippen LogP contribution in [0.4, 0.5) is 13.2 Å². The highest BCUT2D eigenvalue weighted by Gasteiger charge is 2.30. The normalized spacial score (nSPS) is 12.2. The van der Waals surface area contributed by atoms with Crippen molar-refractivity contribution in [2.75, 3.05) is 20.6 Å². The third-order valence-corrected chi connectivity index (χ3v) is 6.35. The highest BCUT2D eigenvalue weighted by Crippen LogP contribution is 2.31. The molecular formula is C19H20F3N9S2. The molecule has 0 aliphatic carbocycles. The summed E-state index contributed by atoms with van der Waals surface area (Å²) < 4.78 is 42.2. The molecule has 0 saturated heterocycles. The van der Waals surface area contributed by atoms with Crippen molar-refractivity contribution in [3.8, 4) is 0 Å². The predicted octanol–water partition coefficient (Wildman–Crippen LogP) is 3.44. The summed E-state index contributed by atoms with van der Waals surface area (Å²) in [6, 6.07) is 7.10. The molecule has 0 fully saturated rings. The Bertz CT molecular complexity index is 1250. The van der Waals surface area contributed by atoms with Gasteiger partial charge in [-0.05, 0) is 60.9 Å². The van der Waals surface area contributed by atoms with Crippen molar-refractivity contribution < 1.29 is 13.2 Å². The smallest absolute Gasteiger partial charge is 0.308 e. The standard InChI is InChI=1S/C19H20F3N9S2/c1-12-9-15(33-18-25-27-28-30(18)8-7-29(2)3)31-16(23-12)24-17(26-31)32-11-13-5-4-6-14(10-13)19(20,21)22/h4-6,9-10H,7-8,11H2,1-3H3. The molecular weight excluding hydrogens is 475 g/mol. The maximum atomic E-state index is 13.0. The molecule has 1 aromatic carbocycles. The number of alkyl halides is 3. The first-order chi connectivity index (χ1) is 15.7. The molecule has 0 radical (unpaired) electrons. The fourth-order valence-corrected chi connectivity index (χ4v) is 4.55. The maximum Gasteiger partial charge on any atom is 0.416 e. The Hall–Kier alpha value is -2.71. The van der Waals surface area contributed by atoms with Gasteiger partial charge >= 0.3 is 6.18 Å². The molecule has 0 saturated carbocycles. The zero-order valence-electron chi connectivity index (χ0n) is 18.0. The van der Waals surface area contributed by atoms with E-state index in [1.807, 2.05) is 32.0 Å². The van der Waals surface area contributed by atoms with Gasteiger partial charge in [0.1, 0.15) is 5.03 Å². The van der Waals surface area contributed by atoms with E-state index in [1.54, 1.807) is 15.3 Å². The lowest BCUT2D eigenvalue weighted by atomic mass is 10.1. The van der Waals surface area contributed by atoms with Crippen LogP contribution in [0.5, 0.6) is 0 Å². The van der Waals surface area contributed by atoms with E-state index in [0.717, 1.165) is 29.4 Å². The monoisotopic (exact) mass is 495 g/mol. The lowest BCUT2D eigenvalue weighted by Gasteiger charge is -2.10. The first-order valence-corrected chi connectivity index (χ1v) is 11.6. The quantitative estimate of drug-likeness (QED) is 0.269. The fourth-order valence-electron chi connectivity index (χ4n) is 2.85. The van der Waals surface area contributed by atoms with E-state index >= 15 is 0 Å². The Morgan fingerprint density at radius 3 is 2.70 bits per heavy atom. The largest absolute Gasteiger partial charge is 0.416 e. The predicted molar refractivity (Wildman–Crippen MR) is 117 cm³/mol. The van der Waals surface area contributed by atoms with E-state index in [0.29, 0.717) is 34.0 Å². The topological polar surface area (TPSA) is 89.9 Å². The third-order valence-electron chi connectivity index (χ3n) is 4.46. The van der Waals surface area contributed by atoms with Gasteiger partial charge in [-0.3, -0.25) is 0 Å². The summed E-state index contributed by atoms with van der Waals surface area (Å²) in [6.45, 7) is 3.26. The molecule has 4 aromatic rings. The van der Waals surface area contributed by atoms with Crippen molar-refractivity contribution in [2.45, 2.75) is 40.7 Å². The number of thioether (sulfide) groups is 1. The van der Waals surface area contributed by atoms with Crippen LogP contribution in [-0.2, 0) is 18.5 Å². The van der Waals surface area contributed by atoms with Gasteiger partial charge in [0.25, 0.3) is 5.78 Å². The number of fused-ring (bicyclic) bond motifs is 1. The fraction of sp³-hybridized carbons (Fsp3) is 0.368. The Balaban J connectivity index is 1.54. The van der Waals surface area contributed by atoms with Gasteiger partial charge in [-0.1, -0.05) is 30.0 Å². The van der Waals surface area contributed by atoms with E-state index in [2.05, 4.69) is 30.6 Å². The Morgan fingerprint density at radius 2 is 1.94 bits per heavy atom. The molecule has 0 atom stereocenters. The summed E-state index contributed by atoms with van der Waals surface area (Å²) in [4.78, 5) is 10.9. The molecule has 9 nitrogen and oxygen atoms in total. The molecule has 0 N–H and O–H groups in total. The van der Waals surface area contributed by atoms with Crippen molar-refractivity contribution in [1.29, 1.82) is 0 Å². The molecule has 14 heteroatoms. The van der Waals surface area contributed by atoms with E-state index in [9.17, 15) is 13.2 Å². The average molecular weight is 496 g/mol. The molecule has 0 bridgehead atoms. The van der Waals surface area contributed by atoms with Crippen LogP contribution in [0.1, 0.15) is 16.8 Å². The molecule has 3 heterocycles. The first-order valence-electron chi connectivity index (χ1n) is 9.81. The van der Waals surface area contributed by atoms with Crippen LogP contribution < -0.4 is 0 Å². The lowest BCUT2D eigenvalue weighted by Crippen LogP contribution is -2.19. The molecule has 3 aromatic heterocycles. The van der Waals surface area contributed by atoms with Crippen LogP contribution >= 0.6 is 23.5 Å². The van der Waals surface area contributed by atoms with Gasteiger partial charge in [-0.2, -0.15) is 22.7 Å². The molecule has 0 aliphatic heterocycles. The minimum Gasteiger partial charge on any atom is -0.308 e. The van der Waals surface area contributed by atoms with Crippen LogP contribution in [0.2, 0.25) is 0 Å².